The lowest BCUT2D eigenvalue weighted by atomic mass is 9.89. The fourth-order valence-corrected chi connectivity index (χ4v) is 2.68. The predicted octanol–water partition coefficient (Wildman–Crippen LogP) is 2.97. The van der Waals surface area contributed by atoms with Crippen LogP contribution in [0.5, 0.6) is 0 Å². The van der Waals surface area contributed by atoms with Gasteiger partial charge in [0.2, 0.25) is 0 Å². The van der Waals surface area contributed by atoms with E-state index in [2.05, 4.69) is 0 Å². The number of carbonyl (C=O) groups excluding carboxylic acids is 1. The quantitative estimate of drug-likeness (QED) is 0.834. The molecule has 0 radical (unpaired) electrons. The zero-order valence-electron chi connectivity index (χ0n) is 10.7. The van der Waals surface area contributed by atoms with Crippen LogP contribution < -0.4 is 0 Å². The van der Waals surface area contributed by atoms with Crippen LogP contribution in [0.4, 0.5) is 0 Å². The van der Waals surface area contributed by atoms with Crippen LogP contribution in [-0.4, -0.2) is 21.4 Å². The Balaban J connectivity index is 2.19. The van der Waals surface area contributed by atoms with E-state index >= 15 is 0 Å². The van der Waals surface area contributed by atoms with Crippen LogP contribution in [0.3, 0.4) is 0 Å². The van der Waals surface area contributed by atoms with Crippen LogP contribution >= 0.6 is 0 Å². The van der Waals surface area contributed by atoms with E-state index in [1.165, 1.54) is 32.3 Å². The van der Waals surface area contributed by atoms with Gasteiger partial charge in [0.05, 0.1) is 0 Å². The molecule has 1 aliphatic rings. The Morgan fingerprint density at radius 1 is 1.33 bits per heavy atom. The summed E-state index contributed by atoms with van der Waals surface area (Å²) in [6, 6.07) is 1.48. The first-order valence-electron chi connectivity index (χ1n) is 6.52. The number of ketones is 1. The molecule has 1 saturated carbocycles. The van der Waals surface area contributed by atoms with Gasteiger partial charge in [0.15, 0.2) is 5.78 Å². The van der Waals surface area contributed by atoms with Gasteiger partial charge in [-0.3, -0.25) is 4.79 Å². The molecule has 1 fully saturated rings. The zero-order chi connectivity index (χ0) is 13.1. The number of carbonyl (C=O) groups is 2. The Bertz CT molecular complexity index is 456. The van der Waals surface area contributed by atoms with Gasteiger partial charge in [-0.05, 0) is 31.7 Å². The fourth-order valence-electron chi connectivity index (χ4n) is 2.68. The minimum atomic E-state index is -0.960. The van der Waals surface area contributed by atoms with E-state index in [-0.39, 0.29) is 11.5 Å². The second-order valence-electron chi connectivity index (χ2n) is 5.13. The lowest BCUT2D eigenvalue weighted by Gasteiger charge is -2.22. The zero-order valence-corrected chi connectivity index (χ0v) is 10.7. The van der Waals surface area contributed by atoms with Crippen molar-refractivity contribution in [3.05, 3.63) is 23.5 Å². The highest BCUT2D eigenvalue weighted by atomic mass is 16.4. The number of aromatic nitrogens is 1. The summed E-state index contributed by atoms with van der Waals surface area (Å²) in [5.41, 5.74) is 0.717. The molecule has 4 nitrogen and oxygen atoms in total. The highest BCUT2D eigenvalue weighted by Crippen LogP contribution is 2.26. The molecule has 0 amide bonds. The molecule has 0 aliphatic heterocycles. The third-order valence-corrected chi connectivity index (χ3v) is 3.70. The molecule has 0 spiro atoms. The molecule has 0 aromatic carbocycles. The van der Waals surface area contributed by atoms with Crippen molar-refractivity contribution in [1.29, 1.82) is 0 Å². The van der Waals surface area contributed by atoms with Gasteiger partial charge in [-0.2, -0.15) is 0 Å². The number of carboxylic acid groups (broad SMARTS) is 1. The first kappa shape index (κ1) is 12.9. The van der Waals surface area contributed by atoms with Crippen molar-refractivity contribution >= 4 is 11.8 Å². The van der Waals surface area contributed by atoms with Crippen LogP contribution in [0.15, 0.2) is 12.3 Å². The molecule has 1 heterocycles. The molecule has 1 aliphatic carbocycles. The lowest BCUT2D eigenvalue weighted by molar-refractivity contribution is 0.0683. The Labute approximate surface area is 107 Å². The molecule has 98 valence electrons. The van der Waals surface area contributed by atoms with Crippen LogP contribution in [0.25, 0.3) is 0 Å². The Kier molecular flexibility index (Phi) is 3.84. The number of rotatable bonds is 4. The molecular formula is C14H19NO3. The second-order valence-corrected chi connectivity index (χ2v) is 5.13. The Morgan fingerprint density at radius 2 is 2.00 bits per heavy atom. The number of aromatic carboxylic acids is 1. The average Bonchev–Trinajstić information content (AvgIpc) is 2.74. The van der Waals surface area contributed by atoms with Crippen molar-refractivity contribution in [2.75, 3.05) is 0 Å². The summed E-state index contributed by atoms with van der Waals surface area (Å²) < 4.78 is 1.73. The molecule has 4 heteroatoms. The number of hydrogen-bond acceptors (Lipinski definition) is 2. The van der Waals surface area contributed by atoms with E-state index in [0.29, 0.717) is 11.5 Å². The van der Waals surface area contributed by atoms with E-state index in [1.54, 1.807) is 10.8 Å². The number of nitrogens with zero attached hydrogens (tertiary/aromatic N) is 1. The van der Waals surface area contributed by atoms with Crippen LogP contribution in [0.2, 0.25) is 0 Å². The molecule has 18 heavy (non-hydrogen) atoms. The summed E-state index contributed by atoms with van der Waals surface area (Å²) >= 11 is 0. The third-order valence-electron chi connectivity index (χ3n) is 3.70. The standard InChI is InChI=1S/C14H19NO3/c1-10(16)12-7-13(14(17)18)15(9-12)8-11-5-3-2-4-6-11/h7,9,11H,2-6,8H2,1H3,(H,17,18). The van der Waals surface area contributed by atoms with E-state index in [0.717, 1.165) is 19.4 Å². The molecule has 1 aromatic rings. The largest absolute Gasteiger partial charge is 0.477 e. The maximum atomic E-state index is 11.3. The average molecular weight is 249 g/mol. The number of Topliss-reactive ketones (excluding diaryl/α,β-unsaturated/α-hetero) is 1. The van der Waals surface area contributed by atoms with E-state index < -0.39 is 5.97 Å². The predicted molar refractivity (Wildman–Crippen MR) is 68.0 cm³/mol. The molecule has 0 atom stereocenters. The summed E-state index contributed by atoms with van der Waals surface area (Å²) in [6.45, 7) is 2.18. The first-order chi connectivity index (χ1) is 8.58. The van der Waals surface area contributed by atoms with Crippen LogP contribution in [-0.2, 0) is 6.54 Å². The van der Waals surface area contributed by atoms with Crippen molar-refractivity contribution in [3.8, 4) is 0 Å². The van der Waals surface area contributed by atoms with E-state index in [4.69, 9.17) is 5.11 Å². The van der Waals surface area contributed by atoms with Crippen LogP contribution in [0.1, 0.15) is 59.9 Å². The van der Waals surface area contributed by atoms with Crippen LogP contribution in [0, 0.1) is 5.92 Å². The minimum absolute atomic E-state index is 0.0834. The van der Waals surface area contributed by atoms with Crippen molar-refractivity contribution in [2.24, 2.45) is 5.92 Å². The summed E-state index contributed by atoms with van der Waals surface area (Å²) in [5.74, 6) is -0.498. The highest BCUT2D eigenvalue weighted by molar-refractivity contribution is 5.97. The highest BCUT2D eigenvalue weighted by Gasteiger charge is 2.19. The van der Waals surface area contributed by atoms with Gasteiger partial charge < -0.3 is 9.67 Å². The van der Waals surface area contributed by atoms with Crippen molar-refractivity contribution in [2.45, 2.75) is 45.6 Å². The molecular weight excluding hydrogens is 230 g/mol. The van der Waals surface area contributed by atoms with Crippen molar-refractivity contribution in [1.82, 2.24) is 4.57 Å². The first-order valence-corrected chi connectivity index (χ1v) is 6.52. The maximum Gasteiger partial charge on any atom is 0.352 e. The topological polar surface area (TPSA) is 59.3 Å². The SMILES string of the molecule is CC(=O)c1cc(C(=O)O)n(CC2CCCCC2)c1. The van der Waals surface area contributed by atoms with Crippen molar-refractivity contribution < 1.29 is 14.7 Å². The molecule has 1 aromatic heterocycles. The van der Waals surface area contributed by atoms with Crippen molar-refractivity contribution in [3.63, 3.8) is 0 Å². The Morgan fingerprint density at radius 3 is 2.56 bits per heavy atom. The smallest absolute Gasteiger partial charge is 0.352 e. The maximum absolute atomic E-state index is 11.3. The summed E-state index contributed by atoms with van der Waals surface area (Å²) in [5, 5.41) is 9.16. The monoisotopic (exact) mass is 249 g/mol. The lowest BCUT2D eigenvalue weighted by Crippen LogP contribution is -2.17. The molecule has 0 unspecified atom stereocenters. The van der Waals surface area contributed by atoms with Gasteiger partial charge in [0.1, 0.15) is 5.69 Å². The van der Waals surface area contributed by atoms with Gasteiger partial charge >= 0.3 is 5.97 Å². The molecule has 0 bridgehead atoms. The summed E-state index contributed by atoms with van der Waals surface area (Å²) in [6.07, 6.45) is 7.74. The van der Waals surface area contributed by atoms with E-state index in [1.807, 2.05) is 0 Å². The van der Waals surface area contributed by atoms with E-state index in [9.17, 15) is 9.59 Å². The van der Waals surface area contributed by atoms with Gasteiger partial charge in [0, 0.05) is 18.3 Å². The second kappa shape index (κ2) is 5.38. The Hall–Kier alpha value is -1.58. The molecule has 0 saturated heterocycles. The van der Waals surface area contributed by atoms with Gasteiger partial charge in [-0.15, -0.1) is 0 Å². The number of carboxylic acids is 1. The third kappa shape index (κ3) is 2.81. The summed E-state index contributed by atoms with van der Waals surface area (Å²) in [4.78, 5) is 22.5. The fraction of sp³-hybridized carbons (Fsp3) is 0.571. The van der Waals surface area contributed by atoms with Gasteiger partial charge in [-0.1, -0.05) is 19.3 Å². The summed E-state index contributed by atoms with van der Waals surface area (Å²) in [7, 11) is 0. The normalized spacial score (nSPS) is 16.7. The molecule has 2 rings (SSSR count). The van der Waals surface area contributed by atoms with Gasteiger partial charge in [-0.25, -0.2) is 4.79 Å². The van der Waals surface area contributed by atoms with Gasteiger partial charge in [0.25, 0.3) is 0 Å². The minimum Gasteiger partial charge on any atom is -0.477 e. The number of hydrogen-bond donors (Lipinski definition) is 1. The molecule has 1 N–H and O–H groups in total.